The van der Waals surface area contributed by atoms with Crippen LogP contribution in [0.2, 0.25) is 0 Å². The number of carbonyl (C=O) groups is 1. The number of aryl methyl sites for hydroxylation is 1. The van der Waals surface area contributed by atoms with Gasteiger partial charge in [0.25, 0.3) is 5.91 Å². The molecule has 21 heavy (non-hydrogen) atoms. The van der Waals surface area contributed by atoms with E-state index in [4.69, 9.17) is 0 Å². The Balaban J connectivity index is 1.81. The Morgan fingerprint density at radius 2 is 2.19 bits per heavy atom. The topological polar surface area (TPSA) is 62.2 Å². The molecule has 0 radical (unpaired) electrons. The van der Waals surface area contributed by atoms with Crippen LogP contribution < -0.4 is 4.90 Å². The van der Waals surface area contributed by atoms with E-state index in [1.165, 1.54) is 11.2 Å². The van der Waals surface area contributed by atoms with Crippen molar-refractivity contribution in [3.8, 4) is 0 Å². The van der Waals surface area contributed by atoms with E-state index >= 15 is 0 Å². The second-order valence-corrected chi connectivity index (χ2v) is 6.34. The first-order valence-electron chi connectivity index (χ1n) is 6.78. The van der Waals surface area contributed by atoms with Crippen molar-refractivity contribution in [1.82, 2.24) is 19.9 Å². The first kappa shape index (κ1) is 13.9. The number of amides is 1. The highest BCUT2D eigenvalue weighted by Crippen LogP contribution is 2.30. The predicted octanol–water partition coefficient (Wildman–Crippen LogP) is 1.51. The Bertz CT molecular complexity index is 682. The lowest BCUT2D eigenvalue weighted by molar-refractivity contribution is 0.0730. The zero-order chi connectivity index (χ0) is 15.0. The zero-order valence-corrected chi connectivity index (χ0v) is 13.1. The number of fused-ring (bicyclic) bond motifs is 1. The minimum atomic E-state index is -0.0362. The summed E-state index contributed by atoms with van der Waals surface area (Å²) in [4.78, 5) is 30.2. The van der Waals surface area contributed by atoms with Gasteiger partial charge in [-0.1, -0.05) is 11.3 Å². The summed E-state index contributed by atoms with van der Waals surface area (Å²) in [5.41, 5.74) is 2.38. The minimum absolute atomic E-state index is 0.0362. The number of aromatic nitrogens is 3. The maximum atomic E-state index is 12.5. The van der Waals surface area contributed by atoms with Crippen molar-refractivity contribution in [3.05, 3.63) is 34.4 Å². The van der Waals surface area contributed by atoms with Crippen LogP contribution >= 0.6 is 11.3 Å². The fourth-order valence-corrected chi connectivity index (χ4v) is 3.32. The Hall–Kier alpha value is -2.02. The molecule has 1 aliphatic heterocycles. The molecule has 0 atom stereocenters. The van der Waals surface area contributed by atoms with Gasteiger partial charge in [0, 0.05) is 37.6 Å². The van der Waals surface area contributed by atoms with Gasteiger partial charge in [-0.15, -0.1) is 0 Å². The van der Waals surface area contributed by atoms with E-state index in [1.54, 1.807) is 17.4 Å². The van der Waals surface area contributed by atoms with Gasteiger partial charge >= 0.3 is 0 Å². The van der Waals surface area contributed by atoms with E-state index in [0.29, 0.717) is 18.8 Å². The van der Waals surface area contributed by atoms with Gasteiger partial charge in [0.1, 0.15) is 12.0 Å². The number of hydrogen-bond acceptors (Lipinski definition) is 6. The summed E-state index contributed by atoms with van der Waals surface area (Å²) in [5, 5.41) is 0.993. The third-order valence-electron chi connectivity index (χ3n) is 3.41. The maximum Gasteiger partial charge on any atom is 0.272 e. The molecule has 0 aliphatic carbocycles. The molecule has 3 rings (SSSR count). The standard InChI is InChI=1S/C14H17N5OS/c1-9-6-11(16-8-15-9)13(20)19-5-4-10-12(7-19)21-14(17-10)18(2)3/h6,8H,4-5,7H2,1-3H3. The fraction of sp³-hybridized carbons (Fsp3) is 0.429. The van der Waals surface area contributed by atoms with Crippen LogP contribution in [0.1, 0.15) is 26.8 Å². The van der Waals surface area contributed by atoms with Gasteiger partial charge in [-0.25, -0.2) is 15.0 Å². The van der Waals surface area contributed by atoms with E-state index < -0.39 is 0 Å². The van der Waals surface area contributed by atoms with Gasteiger partial charge in [-0.05, 0) is 13.0 Å². The minimum Gasteiger partial charge on any atom is -0.354 e. The second-order valence-electron chi connectivity index (χ2n) is 5.28. The van der Waals surface area contributed by atoms with Crippen LogP contribution in [0.25, 0.3) is 0 Å². The van der Waals surface area contributed by atoms with Crippen molar-refractivity contribution in [1.29, 1.82) is 0 Å². The zero-order valence-electron chi connectivity index (χ0n) is 12.3. The Morgan fingerprint density at radius 3 is 2.90 bits per heavy atom. The number of thiazole rings is 1. The molecule has 0 N–H and O–H groups in total. The van der Waals surface area contributed by atoms with Gasteiger partial charge < -0.3 is 9.80 Å². The van der Waals surface area contributed by atoms with Crippen LogP contribution in [0.5, 0.6) is 0 Å². The highest BCUT2D eigenvalue weighted by atomic mass is 32.1. The van der Waals surface area contributed by atoms with Crippen molar-refractivity contribution in [2.24, 2.45) is 0 Å². The lowest BCUT2D eigenvalue weighted by atomic mass is 10.1. The summed E-state index contributed by atoms with van der Waals surface area (Å²) in [6.07, 6.45) is 2.24. The van der Waals surface area contributed by atoms with Crippen LogP contribution in [0.3, 0.4) is 0 Å². The largest absolute Gasteiger partial charge is 0.354 e. The SMILES string of the molecule is Cc1cc(C(=O)N2CCc3nc(N(C)C)sc3C2)ncn1. The molecule has 0 unspecified atom stereocenters. The van der Waals surface area contributed by atoms with Crippen molar-refractivity contribution >= 4 is 22.4 Å². The third kappa shape index (κ3) is 2.73. The normalized spacial score (nSPS) is 14.0. The summed E-state index contributed by atoms with van der Waals surface area (Å²) in [6.45, 7) is 3.16. The second kappa shape index (κ2) is 5.40. The first-order chi connectivity index (χ1) is 10.0. The van der Waals surface area contributed by atoms with Crippen LogP contribution in [0.15, 0.2) is 12.4 Å². The average molecular weight is 303 g/mol. The molecule has 0 saturated heterocycles. The molecule has 0 bridgehead atoms. The van der Waals surface area contributed by atoms with Gasteiger partial charge in [-0.2, -0.15) is 0 Å². The lowest BCUT2D eigenvalue weighted by Crippen LogP contribution is -2.36. The number of rotatable bonds is 2. The summed E-state index contributed by atoms with van der Waals surface area (Å²) < 4.78 is 0. The third-order valence-corrected chi connectivity index (χ3v) is 4.66. The summed E-state index contributed by atoms with van der Waals surface area (Å²) >= 11 is 1.65. The van der Waals surface area contributed by atoms with Gasteiger partial charge in [-0.3, -0.25) is 4.79 Å². The summed E-state index contributed by atoms with van der Waals surface area (Å²) in [7, 11) is 3.97. The van der Waals surface area contributed by atoms with Crippen molar-refractivity contribution in [2.45, 2.75) is 19.9 Å². The smallest absolute Gasteiger partial charge is 0.272 e. The van der Waals surface area contributed by atoms with Crippen LogP contribution in [-0.2, 0) is 13.0 Å². The molecule has 7 heteroatoms. The number of hydrogen-bond donors (Lipinski definition) is 0. The molecule has 0 fully saturated rings. The molecule has 1 aliphatic rings. The molecule has 0 saturated carbocycles. The highest BCUT2D eigenvalue weighted by Gasteiger charge is 2.26. The van der Waals surface area contributed by atoms with Crippen molar-refractivity contribution < 1.29 is 4.79 Å². The monoisotopic (exact) mass is 303 g/mol. The molecule has 0 aromatic carbocycles. The fourth-order valence-electron chi connectivity index (χ4n) is 2.28. The Kier molecular flexibility index (Phi) is 3.59. The van der Waals surface area contributed by atoms with E-state index in [9.17, 15) is 4.79 Å². The molecule has 110 valence electrons. The highest BCUT2D eigenvalue weighted by molar-refractivity contribution is 7.15. The molecule has 1 amide bonds. The molecule has 3 heterocycles. The average Bonchev–Trinajstić information content (AvgIpc) is 2.89. The van der Waals surface area contributed by atoms with Crippen LogP contribution in [-0.4, -0.2) is 46.4 Å². The number of nitrogens with zero attached hydrogens (tertiary/aromatic N) is 5. The van der Waals surface area contributed by atoms with Crippen LogP contribution in [0.4, 0.5) is 5.13 Å². The Labute approximate surface area is 127 Å². The molecular formula is C14H17N5OS. The number of carbonyl (C=O) groups excluding carboxylic acids is 1. The Morgan fingerprint density at radius 1 is 1.38 bits per heavy atom. The summed E-state index contributed by atoms with van der Waals surface area (Å²) in [6, 6.07) is 1.73. The maximum absolute atomic E-state index is 12.5. The molecular weight excluding hydrogens is 286 g/mol. The quantitative estimate of drug-likeness (QED) is 0.841. The van der Waals surface area contributed by atoms with E-state index in [2.05, 4.69) is 15.0 Å². The molecule has 2 aromatic heterocycles. The van der Waals surface area contributed by atoms with Gasteiger partial charge in [0.2, 0.25) is 0 Å². The van der Waals surface area contributed by atoms with Crippen LogP contribution in [0, 0.1) is 6.92 Å². The first-order valence-corrected chi connectivity index (χ1v) is 7.60. The molecule has 0 spiro atoms. The number of anilines is 1. The van der Waals surface area contributed by atoms with Gasteiger partial charge in [0.05, 0.1) is 12.2 Å². The predicted molar refractivity (Wildman–Crippen MR) is 81.7 cm³/mol. The molecule has 2 aromatic rings. The van der Waals surface area contributed by atoms with E-state index in [1.807, 2.05) is 30.8 Å². The van der Waals surface area contributed by atoms with Crippen molar-refractivity contribution in [3.63, 3.8) is 0 Å². The molecule has 6 nitrogen and oxygen atoms in total. The summed E-state index contributed by atoms with van der Waals surface area (Å²) in [5.74, 6) is -0.0362. The van der Waals surface area contributed by atoms with E-state index in [0.717, 1.165) is 22.9 Å². The van der Waals surface area contributed by atoms with Gasteiger partial charge in [0.15, 0.2) is 5.13 Å². The van der Waals surface area contributed by atoms with Crippen molar-refractivity contribution in [2.75, 3.05) is 25.5 Å². The lowest BCUT2D eigenvalue weighted by Gasteiger charge is -2.25. The van der Waals surface area contributed by atoms with E-state index in [-0.39, 0.29) is 5.91 Å².